The number of rotatable bonds is 5. The van der Waals surface area contributed by atoms with E-state index in [1.807, 2.05) is 18.2 Å². The lowest BCUT2D eigenvalue weighted by Crippen LogP contribution is -2.16. The van der Waals surface area contributed by atoms with Gasteiger partial charge < -0.3 is 9.84 Å². The van der Waals surface area contributed by atoms with Crippen molar-refractivity contribution >= 4 is 0 Å². The van der Waals surface area contributed by atoms with Gasteiger partial charge in [0.05, 0.1) is 12.7 Å². The number of ether oxygens (including phenoxy) is 1. The molecule has 1 heterocycles. The zero-order chi connectivity index (χ0) is 9.52. The Bertz CT molecular complexity index is 222. The second-order valence-corrected chi connectivity index (χ2v) is 2.90. The zero-order valence-corrected chi connectivity index (χ0v) is 7.81. The summed E-state index contributed by atoms with van der Waals surface area (Å²) >= 11 is 0. The van der Waals surface area contributed by atoms with Crippen molar-refractivity contribution < 1.29 is 9.84 Å². The van der Waals surface area contributed by atoms with Gasteiger partial charge >= 0.3 is 0 Å². The average Bonchev–Trinajstić information content (AvgIpc) is 2.21. The van der Waals surface area contributed by atoms with Gasteiger partial charge in [0, 0.05) is 19.0 Å². The highest BCUT2D eigenvalue weighted by atomic mass is 16.5. The summed E-state index contributed by atoms with van der Waals surface area (Å²) in [7, 11) is 1.61. The molecule has 0 saturated carbocycles. The van der Waals surface area contributed by atoms with E-state index in [1.54, 1.807) is 13.3 Å². The van der Waals surface area contributed by atoms with Crippen molar-refractivity contribution in [3.8, 4) is 0 Å². The van der Waals surface area contributed by atoms with Crippen molar-refractivity contribution in [2.75, 3.05) is 13.7 Å². The molecule has 0 amide bonds. The number of pyridine rings is 1. The van der Waals surface area contributed by atoms with Gasteiger partial charge in [0.2, 0.25) is 0 Å². The fourth-order valence-electron chi connectivity index (χ4n) is 1.14. The summed E-state index contributed by atoms with van der Waals surface area (Å²) in [5.41, 5.74) is 1.04. The van der Waals surface area contributed by atoms with E-state index in [0.717, 1.165) is 18.5 Å². The molecule has 0 radical (unpaired) electrons. The van der Waals surface area contributed by atoms with Crippen LogP contribution in [-0.2, 0) is 11.2 Å². The van der Waals surface area contributed by atoms with Crippen molar-refractivity contribution in [3.05, 3.63) is 30.1 Å². The lowest BCUT2D eigenvalue weighted by molar-refractivity contribution is 0.0434. The largest absolute Gasteiger partial charge is 0.394 e. The van der Waals surface area contributed by atoms with E-state index in [4.69, 9.17) is 9.84 Å². The molecular formula is C10H15NO2. The monoisotopic (exact) mass is 181 g/mol. The van der Waals surface area contributed by atoms with E-state index in [9.17, 15) is 0 Å². The molecule has 72 valence electrons. The van der Waals surface area contributed by atoms with Crippen LogP contribution in [0.3, 0.4) is 0 Å². The van der Waals surface area contributed by atoms with Crippen LogP contribution in [0.5, 0.6) is 0 Å². The SMILES string of the molecule is COC(CO)CCc1ccccn1. The van der Waals surface area contributed by atoms with Gasteiger partial charge in [0.1, 0.15) is 0 Å². The zero-order valence-electron chi connectivity index (χ0n) is 7.81. The van der Waals surface area contributed by atoms with Crippen LogP contribution < -0.4 is 0 Å². The molecule has 1 aromatic heterocycles. The van der Waals surface area contributed by atoms with Crippen LogP contribution >= 0.6 is 0 Å². The molecule has 1 unspecified atom stereocenters. The molecule has 0 aromatic carbocycles. The van der Waals surface area contributed by atoms with Gasteiger partial charge in [-0.3, -0.25) is 4.98 Å². The predicted molar refractivity (Wildman–Crippen MR) is 50.4 cm³/mol. The Balaban J connectivity index is 2.34. The van der Waals surface area contributed by atoms with Crippen LogP contribution in [0.1, 0.15) is 12.1 Å². The Morgan fingerprint density at radius 2 is 2.38 bits per heavy atom. The molecule has 3 heteroatoms. The van der Waals surface area contributed by atoms with Crippen molar-refractivity contribution in [2.45, 2.75) is 18.9 Å². The van der Waals surface area contributed by atoms with Crippen molar-refractivity contribution in [1.82, 2.24) is 4.98 Å². The van der Waals surface area contributed by atoms with Gasteiger partial charge in [-0.05, 0) is 25.0 Å². The second-order valence-electron chi connectivity index (χ2n) is 2.90. The Morgan fingerprint density at radius 1 is 1.54 bits per heavy atom. The van der Waals surface area contributed by atoms with Crippen molar-refractivity contribution in [1.29, 1.82) is 0 Å². The molecule has 3 nitrogen and oxygen atoms in total. The van der Waals surface area contributed by atoms with Crippen molar-refractivity contribution in [2.24, 2.45) is 0 Å². The number of hydrogen-bond acceptors (Lipinski definition) is 3. The summed E-state index contributed by atoms with van der Waals surface area (Å²) in [4.78, 5) is 4.18. The predicted octanol–water partition coefficient (Wildman–Crippen LogP) is 1.02. The van der Waals surface area contributed by atoms with Gasteiger partial charge in [-0.1, -0.05) is 6.07 Å². The Morgan fingerprint density at radius 3 is 2.92 bits per heavy atom. The average molecular weight is 181 g/mol. The maximum atomic E-state index is 8.86. The van der Waals surface area contributed by atoms with Gasteiger partial charge in [0.15, 0.2) is 0 Å². The first-order valence-electron chi connectivity index (χ1n) is 4.40. The molecule has 0 fully saturated rings. The smallest absolute Gasteiger partial charge is 0.0805 e. The van der Waals surface area contributed by atoms with Crippen LogP contribution in [0, 0.1) is 0 Å². The molecule has 1 N–H and O–H groups in total. The third kappa shape index (κ3) is 3.53. The molecule has 13 heavy (non-hydrogen) atoms. The second kappa shape index (κ2) is 5.67. The fraction of sp³-hybridized carbons (Fsp3) is 0.500. The minimum absolute atomic E-state index is 0.0676. The number of aliphatic hydroxyl groups is 1. The maximum Gasteiger partial charge on any atom is 0.0805 e. The quantitative estimate of drug-likeness (QED) is 0.737. The van der Waals surface area contributed by atoms with Crippen molar-refractivity contribution in [3.63, 3.8) is 0 Å². The Kier molecular flexibility index (Phi) is 4.43. The van der Waals surface area contributed by atoms with Crippen LogP contribution in [0.2, 0.25) is 0 Å². The van der Waals surface area contributed by atoms with Crippen LogP contribution in [0.15, 0.2) is 24.4 Å². The number of aromatic nitrogens is 1. The first-order valence-corrected chi connectivity index (χ1v) is 4.40. The number of aliphatic hydroxyl groups excluding tert-OH is 1. The van der Waals surface area contributed by atoms with Gasteiger partial charge in [-0.25, -0.2) is 0 Å². The van der Waals surface area contributed by atoms with E-state index >= 15 is 0 Å². The standard InChI is InChI=1S/C10H15NO2/c1-13-10(8-12)6-5-9-4-2-3-7-11-9/h2-4,7,10,12H,5-6,8H2,1H3. The van der Waals surface area contributed by atoms with Gasteiger partial charge in [-0.2, -0.15) is 0 Å². The topological polar surface area (TPSA) is 42.4 Å². The fourth-order valence-corrected chi connectivity index (χ4v) is 1.14. The lowest BCUT2D eigenvalue weighted by Gasteiger charge is -2.10. The molecule has 0 bridgehead atoms. The van der Waals surface area contributed by atoms with Gasteiger partial charge in [-0.15, -0.1) is 0 Å². The van der Waals surface area contributed by atoms with Crippen LogP contribution in [0.4, 0.5) is 0 Å². The number of nitrogens with zero attached hydrogens (tertiary/aromatic N) is 1. The van der Waals surface area contributed by atoms with E-state index in [0.29, 0.717) is 0 Å². The Labute approximate surface area is 78.4 Å². The van der Waals surface area contributed by atoms with Gasteiger partial charge in [0.25, 0.3) is 0 Å². The highest BCUT2D eigenvalue weighted by molar-refractivity contribution is 5.03. The van der Waals surface area contributed by atoms with E-state index in [2.05, 4.69) is 4.98 Å². The highest BCUT2D eigenvalue weighted by Gasteiger charge is 2.05. The van der Waals surface area contributed by atoms with E-state index in [1.165, 1.54) is 0 Å². The molecule has 0 aliphatic rings. The normalized spacial score (nSPS) is 12.8. The van der Waals surface area contributed by atoms with E-state index in [-0.39, 0.29) is 12.7 Å². The lowest BCUT2D eigenvalue weighted by atomic mass is 10.1. The third-order valence-electron chi connectivity index (χ3n) is 1.99. The summed E-state index contributed by atoms with van der Waals surface area (Å²) in [6, 6.07) is 5.83. The molecular weight excluding hydrogens is 166 g/mol. The minimum atomic E-state index is -0.0676. The number of hydrogen-bond donors (Lipinski definition) is 1. The highest BCUT2D eigenvalue weighted by Crippen LogP contribution is 2.03. The summed E-state index contributed by atoms with van der Waals surface area (Å²) in [5, 5.41) is 8.86. The number of aryl methyl sites for hydroxylation is 1. The summed E-state index contributed by atoms with van der Waals surface area (Å²) in [6.07, 6.45) is 3.36. The first-order chi connectivity index (χ1) is 6.36. The molecule has 0 aliphatic carbocycles. The summed E-state index contributed by atoms with van der Waals surface area (Å²) in [5.74, 6) is 0. The van der Waals surface area contributed by atoms with E-state index < -0.39 is 0 Å². The Hall–Kier alpha value is -0.930. The molecule has 0 saturated heterocycles. The maximum absolute atomic E-state index is 8.86. The number of methoxy groups -OCH3 is 1. The molecule has 1 aromatic rings. The summed E-state index contributed by atoms with van der Waals surface area (Å²) in [6.45, 7) is 0.0728. The van der Waals surface area contributed by atoms with Crippen LogP contribution in [-0.4, -0.2) is 29.9 Å². The molecule has 1 atom stereocenters. The first kappa shape index (κ1) is 10.2. The molecule has 0 aliphatic heterocycles. The van der Waals surface area contributed by atoms with Crippen LogP contribution in [0.25, 0.3) is 0 Å². The third-order valence-corrected chi connectivity index (χ3v) is 1.99. The minimum Gasteiger partial charge on any atom is -0.394 e. The summed E-state index contributed by atoms with van der Waals surface area (Å²) < 4.78 is 5.04. The molecule has 1 rings (SSSR count). The molecule has 0 spiro atoms.